The van der Waals surface area contributed by atoms with E-state index in [0.29, 0.717) is 32.5 Å². The smallest absolute Gasteiger partial charge is 0.405 e. The van der Waals surface area contributed by atoms with Crippen LogP contribution >= 0.6 is 0 Å². The molecule has 0 spiro atoms. The van der Waals surface area contributed by atoms with Crippen LogP contribution in [0.5, 0.6) is 5.75 Å². The van der Waals surface area contributed by atoms with Crippen molar-refractivity contribution in [3.63, 3.8) is 0 Å². The van der Waals surface area contributed by atoms with Gasteiger partial charge in [-0.2, -0.15) is 0 Å². The van der Waals surface area contributed by atoms with E-state index in [-0.39, 0.29) is 18.0 Å². The molecule has 9 heteroatoms. The Labute approximate surface area is 155 Å². The lowest BCUT2D eigenvalue weighted by Gasteiger charge is -2.39. The molecule has 6 nitrogen and oxygen atoms in total. The van der Waals surface area contributed by atoms with Gasteiger partial charge in [-0.15, -0.1) is 13.2 Å². The molecule has 1 aromatic rings. The second kappa shape index (κ2) is 8.60. The summed E-state index contributed by atoms with van der Waals surface area (Å²) in [6, 6.07) is 5.22. The number of benzene rings is 1. The number of para-hydroxylation sites is 1. The molecule has 0 bridgehead atoms. The Morgan fingerprint density at radius 1 is 1.30 bits per heavy atom. The van der Waals surface area contributed by atoms with E-state index in [1.54, 1.807) is 6.92 Å². The summed E-state index contributed by atoms with van der Waals surface area (Å²) in [6.07, 6.45) is -3.74. The lowest BCUT2D eigenvalue weighted by Crippen LogP contribution is -2.52. The molecule has 1 saturated heterocycles. The zero-order chi connectivity index (χ0) is 20.1. The number of carbonyl (C=O) groups is 2. The highest BCUT2D eigenvalue weighted by Crippen LogP contribution is 2.33. The van der Waals surface area contributed by atoms with Crippen LogP contribution in [0.4, 0.5) is 13.2 Å². The summed E-state index contributed by atoms with van der Waals surface area (Å²) < 4.78 is 46.6. The summed E-state index contributed by atoms with van der Waals surface area (Å²) in [5.74, 6) is -1.35. The lowest BCUT2D eigenvalue weighted by molar-refractivity contribution is -0.274. The van der Waals surface area contributed by atoms with Crippen LogP contribution in [-0.4, -0.2) is 56.4 Å². The molecule has 1 heterocycles. The van der Waals surface area contributed by atoms with Crippen molar-refractivity contribution in [2.24, 2.45) is 5.41 Å². The van der Waals surface area contributed by atoms with Crippen molar-refractivity contribution in [2.75, 3.05) is 33.4 Å². The molecular weight excluding hydrogens is 365 g/mol. The van der Waals surface area contributed by atoms with E-state index in [1.807, 2.05) is 0 Å². The molecule has 0 radical (unpaired) electrons. The van der Waals surface area contributed by atoms with Crippen LogP contribution in [0.25, 0.3) is 0 Å². The summed E-state index contributed by atoms with van der Waals surface area (Å²) in [6.45, 7) is 2.94. The summed E-state index contributed by atoms with van der Waals surface area (Å²) in [4.78, 5) is 26.7. The molecule has 1 unspecified atom stereocenters. The standard InChI is InChI=1S/C18H23F3N2O4/c1-17(16(25)22-9-11-26-2)8-5-10-23(12-17)15(24)13-6-3-4-7-14(13)27-18(19,20)21/h3-4,6-7H,5,8-12H2,1-2H3,(H,22,25). The first-order valence-corrected chi connectivity index (χ1v) is 8.57. The summed E-state index contributed by atoms with van der Waals surface area (Å²) in [5, 5.41) is 2.76. The third-order valence-corrected chi connectivity index (χ3v) is 4.47. The number of nitrogens with zero attached hydrogens (tertiary/aromatic N) is 1. The number of amides is 2. The van der Waals surface area contributed by atoms with Crippen LogP contribution < -0.4 is 10.1 Å². The largest absolute Gasteiger partial charge is 0.573 e. The van der Waals surface area contributed by atoms with Gasteiger partial charge in [-0.25, -0.2) is 0 Å². The Bertz CT molecular complexity index is 681. The Morgan fingerprint density at radius 2 is 2.00 bits per heavy atom. The van der Waals surface area contributed by atoms with Gasteiger partial charge in [0, 0.05) is 26.7 Å². The molecule has 0 saturated carbocycles. The van der Waals surface area contributed by atoms with Gasteiger partial charge in [0.2, 0.25) is 5.91 Å². The fourth-order valence-electron chi connectivity index (χ4n) is 3.11. The fraction of sp³-hybridized carbons (Fsp3) is 0.556. The Morgan fingerprint density at radius 3 is 2.67 bits per heavy atom. The fourth-order valence-corrected chi connectivity index (χ4v) is 3.11. The van der Waals surface area contributed by atoms with Gasteiger partial charge in [0.15, 0.2) is 0 Å². The third kappa shape index (κ3) is 5.59. The van der Waals surface area contributed by atoms with Crippen molar-refractivity contribution < 1.29 is 32.2 Å². The second-order valence-electron chi connectivity index (χ2n) is 6.68. The van der Waals surface area contributed by atoms with Crippen LogP contribution in [0, 0.1) is 5.41 Å². The van der Waals surface area contributed by atoms with Crippen molar-refractivity contribution >= 4 is 11.8 Å². The van der Waals surface area contributed by atoms with Crippen LogP contribution in [-0.2, 0) is 9.53 Å². The van der Waals surface area contributed by atoms with Gasteiger partial charge in [-0.1, -0.05) is 12.1 Å². The Hall–Kier alpha value is -2.29. The van der Waals surface area contributed by atoms with Crippen LogP contribution in [0.3, 0.4) is 0 Å². The van der Waals surface area contributed by atoms with Gasteiger partial charge < -0.3 is 19.7 Å². The van der Waals surface area contributed by atoms with E-state index in [2.05, 4.69) is 10.1 Å². The molecule has 1 N–H and O–H groups in total. The number of hydrogen-bond acceptors (Lipinski definition) is 4. The number of piperidine rings is 1. The molecule has 150 valence electrons. The van der Waals surface area contributed by atoms with Crippen LogP contribution in [0.15, 0.2) is 24.3 Å². The maximum absolute atomic E-state index is 12.8. The maximum atomic E-state index is 12.8. The highest BCUT2D eigenvalue weighted by molar-refractivity contribution is 5.97. The van der Waals surface area contributed by atoms with Crippen molar-refractivity contribution in [1.82, 2.24) is 10.2 Å². The monoisotopic (exact) mass is 388 g/mol. The average Bonchev–Trinajstić information content (AvgIpc) is 2.60. The normalized spacial score (nSPS) is 20.3. The zero-order valence-corrected chi connectivity index (χ0v) is 15.3. The van der Waals surface area contributed by atoms with Crippen molar-refractivity contribution in [3.05, 3.63) is 29.8 Å². The van der Waals surface area contributed by atoms with E-state index in [4.69, 9.17) is 4.74 Å². The van der Waals surface area contributed by atoms with Gasteiger partial charge in [-0.3, -0.25) is 9.59 Å². The zero-order valence-electron chi connectivity index (χ0n) is 15.3. The molecule has 1 aliphatic rings. The molecule has 1 fully saturated rings. The van der Waals surface area contributed by atoms with Crippen LogP contribution in [0.1, 0.15) is 30.1 Å². The summed E-state index contributed by atoms with van der Waals surface area (Å²) >= 11 is 0. The molecule has 1 aliphatic heterocycles. The number of carbonyl (C=O) groups excluding carboxylic acids is 2. The predicted molar refractivity (Wildman–Crippen MR) is 91.3 cm³/mol. The molecule has 2 rings (SSSR count). The number of ether oxygens (including phenoxy) is 2. The number of alkyl halides is 3. The van der Waals surface area contributed by atoms with E-state index in [9.17, 15) is 22.8 Å². The van der Waals surface area contributed by atoms with Gasteiger partial charge in [0.25, 0.3) is 5.91 Å². The summed E-state index contributed by atoms with van der Waals surface area (Å²) in [5.41, 5.74) is -1.000. The minimum atomic E-state index is -4.89. The topological polar surface area (TPSA) is 67.9 Å². The van der Waals surface area contributed by atoms with Crippen molar-refractivity contribution in [3.8, 4) is 5.75 Å². The van der Waals surface area contributed by atoms with Gasteiger partial charge in [0.05, 0.1) is 17.6 Å². The third-order valence-electron chi connectivity index (χ3n) is 4.47. The SMILES string of the molecule is COCCNC(=O)C1(C)CCCN(C(=O)c2ccccc2OC(F)(F)F)C1. The highest BCUT2D eigenvalue weighted by Gasteiger charge is 2.40. The first-order valence-electron chi connectivity index (χ1n) is 8.57. The molecule has 1 aromatic carbocycles. The van der Waals surface area contributed by atoms with Gasteiger partial charge >= 0.3 is 6.36 Å². The van der Waals surface area contributed by atoms with E-state index < -0.39 is 23.4 Å². The lowest BCUT2D eigenvalue weighted by atomic mass is 9.80. The average molecular weight is 388 g/mol. The van der Waals surface area contributed by atoms with Gasteiger partial charge in [0.1, 0.15) is 5.75 Å². The Kier molecular flexibility index (Phi) is 6.69. The first-order chi connectivity index (χ1) is 12.7. The molecular formula is C18H23F3N2O4. The number of nitrogens with one attached hydrogen (secondary N) is 1. The number of hydrogen-bond donors (Lipinski definition) is 1. The molecule has 1 atom stereocenters. The number of methoxy groups -OCH3 is 1. The van der Waals surface area contributed by atoms with E-state index in [1.165, 1.54) is 30.2 Å². The van der Waals surface area contributed by atoms with Crippen molar-refractivity contribution in [1.29, 1.82) is 0 Å². The number of rotatable bonds is 6. The first kappa shape index (κ1) is 21.0. The highest BCUT2D eigenvalue weighted by atomic mass is 19.4. The minimum absolute atomic E-state index is 0.116. The van der Waals surface area contributed by atoms with E-state index in [0.717, 1.165) is 6.07 Å². The van der Waals surface area contributed by atoms with Crippen molar-refractivity contribution in [2.45, 2.75) is 26.1 Å². The minimum Gasteiger partial charge on any atom is -0.405 e. The number of likely N-dealkylation sites (tertiary alicyclic amines) is 1. The molecule has 0 aliphatic carbocycles. The molecule has 27 heavy (non-hydrogen) atoms. The predicted octanol–water partition coefficient (Wildman–Crippen LogP) is 2.59. The van der Waals surface area contributed by atoms with Crippen LogP contribution in [0.2, 0.25) is 0 Å². The summed E-state index contributed by atoms with van der Waals surface area (Å²) in [7, 11) is 1.52. The Balaban J connectivity index is 2.14. The second-order valence-corrected chi connectivity index (χ2v) is 6.68. The van der Waals surface area contributed by atoms with Gasteiger partial charge in [-0.05, 0) is 31.9 Å². The number of halogens is 3. The van der Waals surface area contributed by atoms with E-state index >= 15 is 0 Å². The molecule has 0 aromatic heterocycles. The maximum Gasteiger partial charge on any atom is 0.573 e. The molecule has 2 amide bonds. The quantitative estimate of drug-likeness (QED) is 0.761.